The molecule has 0 bridgehead atoms. The molecule has 0 amide bonds. The molecule has 0 fully saturated rings. The van der Waals surface area contributed by atoms with Gasteiger partial charge in [0, 0.05) is 18.3 Å². The lowest BCUT2D eigenvalue weighted by Crippen LogP contribution is -2.21. The maximum Gasteiger partial charge on any atom is 0.245 e. The summed E-state index contributed by atoms with van der Waals surface area (Å²) >= 11 is 0. The van der Waals surface area contributed by atoms with E-state index in [2.05, 4.69) is 36.0 Å². The van der Waals surface area contributed by atoms with Crippen molar-refractivity contribution in [3.63, 3.8) is 0 Å². The van der Waals surface area contributed by atoms with E-state index in [-0.39, 0.29) is 5.95 Å². The van der Waals surface area contributed by atoms with Crippen LogP contribution in [0.15, 0.2) is 35.2 Å². The van der Waals surface area contributed by atoms with E-state index in [9.17, 15) is 0 Å². The van der Waals surface area contributed by atoms with Crippen LogP contribution in [-0.4, -0.2) is 36.1 Å². The van der Waals surface area contributed by atoms with E-state index >= 15 is 0 Å². The molecule has 0 unspecified atom stereocenters. The van der Waals surface area contributed by atoms with Gasteiger partial charge in [0.2, 0.25) is 11.8 Å². The highest BCUT2D eigenvalue weighted by molar-refractivity contribution is 5.65. The van der Waals surface area contributed by atoms with Gasteiger partial charge in [-0.1, -0.05) is 6.07 Å². The molecular formula is C17H16N8O. The number of hydrogen-bond donors (Lipinski definition) is 1. The molecule has 5 heterocycles. The van der Waals surface area contributed by atoms with Gasteiger partial charge in [-0.25, -0.2) is 19.9 Å². The van der Waals surface area contributed by atoms with Gasteiger partial charge >= 0.3 is 0 Å². The minimum Gasteiger partial charge on any atom is -0.443 e. The Morgan fingerprint density at radius 2 is 2.15 bits per heavy atom. The zero-order valence-corrected chi connectivity index (χ0v) is 14.1. The van der Waals surface area contributed by atoms with Crippen molar-refractivity contribution < 1.29 is 4.42 Å². The zero-order valence-electron chi connectivity index (χ0n) is 14.1. The Balaban J connectivity index is 1.55. The minimum absolute atomic E-state index is 0.248. The molecule has 0 radical (unpaired) electrons. The molecule has 1 aliphatic rings. The fourth-order valence-corrected chi connectivity index (χ4v) is 3.32. The monoisotopic (exact) mass is 348 g/mol. The lowest BCUT2D eigenvalue weighted by molar-refractivity contribution is 0.571. The summed E-state index contributed by atoms with van der Waals surface area (Å²) in [6.07, 6.45) is 5.87. The number of pyridine rings is 1. The molecular weight excluding hydrogens is 332 g/mol. The quantitative estimate of drug-likeness (QED) is 0.594. The van der Waals surface area contributed by atoms with Gasteiger partial charge in [0.05, 0.1) is 12.7 Å². The fraction of sp³-hybridized carbons (Fsp3) is 0.235. The molecule has 1 aliphatic heterocycles. The van der Waals surface area contributed by atoms with Crippen LogP contribution in [-0.2, 0) is 13.0 Å². The van der Waals surface area contributed by atoms with Gasteiger partial charge in [0.1, 0.15) is 17.8 Å². The Bertz CT molecular complexity index is 1100. The first kappa shape index (κ1) is 14.8. The van der Waals surface area contributed by atoms with Crippen LogP contribution >= 0.6 is 0 Å². The van der Waals surface area contributed by atoms with E-state index in [1.165, 1.54) is 11.8 Å². The number of aryl methyl sites for hydroxylation is 1. The molecule has 130 valence electrons. The maximum absolute atomic E-state index is 6.08. The SMILES string of the molecule is Cc1c(-c2ncco2)nc(N)n2nc(CN3CCc4cccnc43)nc12. The lowest BCUT2D eigenvalue weighted by atomic mass is 10.2. The topological polar surface area (TPSA) is 111 Å². The van der Waals surface area contributed by atoms with Crippen molar-refractivity contribution in [2.75, 3.05) is 17.2 Å². The number of oxazole rings is 1. The summed E-state index contributed by atoms with van der Waals surface area (Å²) in [6.45, 7) is 3.38. The molecule has 9 heteroatoms. The number of rotatable bonds is 3. The molecule has 5 rings (SSSR count). The highest BCUT2D eigenvalue weighted by atomic mass is 16.3. The lowest BCUT2D eigenvalue weighted by Gasteiger charge is -2.15. The molecule has 4 aromatic rings. The van der Waals surface area contributed by atoms with Crippen LogP contribution in [0, 0.1) is 6.92 Å². The molecule has 9 nitrogen and oxygen atoms in total. The van der Waals surface area contributed by atoms with Crippen molar-refractivity contribution in [2.24, 2.45) is 0 Å². The Morgan fingerprint density at radius 1 is 1.23 bits per heavy atom. The van der Waals surface area contributed by atoms with Crippen molar-refractivity contribution in [1.29, 1.82) is 0 Å². The summed E-state index contributed by atoms with van der Waals surface area (Å²) in [5, 5.41) is 4.53. The first-order chi connectivity index (χ1) is 12.7. The highest BCUT2D eigenvalue weighted by Gasteiger charge is 2.23. The van der Waals surface area contributed by atoms with Gasteiger partial charge in [-0.2, -0.15) is 4.52 Å². The summed E-state index contributed by atoms with van der Waals surface area (Å²) in [5.74, 6) is 2.33. The molecule has 0 spiro atoms. The van der Waals surface area contributed by atoms with Crippen molar-refractivity contribution in [3.8, 4) is 11.6 Å². The summed E-state index contributed by atoms with van der Waals surface area (Å²) in [7, 11) is 0. The van der Waals surface area contributed by atoms with E-state index in [1.807, 2.05) is 19.2 Å². The summed E-state index contributed by atoms with van der Waals surface area (Å²) in [4.78, 5) is 19.9. The van der Waals surface area contributed by atoms with Crippen LogP contribution in [0.4, 0.5) is 11.8 Å². The van der Waals surface area contributed by atoms with E-state index in [0.29, 0.717) is 29.6 Å². The van der Waals surface area contributed by atoms with Gasteiger partial charge in [0.25, 0.3) is 0 Å². The molecule has 0 saturated heterocycles. The average molecular weight is 348 g/mol. The summed E-state index contributed by atoms with van der Waals surface area (Å²) in [6, 6.07) is 4.07. The molecule has 0 aliphatic carbocycles. The number of nitrogens with zero attached hydrogens (tertiary/aromatic N) is 7. The molecule has 26 heavy (non-hydrogen) atoms. The Labute approximate surface area is 148 Å². The van der Waals surface area contributed by atoms with Crippen molar-refractivity contribution in [1.82, 2.24) is 29.5 Å². The predicted octanol–water partition coefficient (Wildman–Crippen LogP) is 1.63. The van der Waals surface area contributed by atoms with Crippen LogP contribution in [0.5, 0.6) is 0 Å². The Morgan fingerprint density at radius 3 is 3.00 bits per heavy atom. The van der Waals surface area contributed by atoms with Crippen LogP contribution in [0.3, 0.4) is 0 Å². The average Bonchev–Trinajstić information content (AvgIpc) is 3.39. The van der Waals surface area contributed by atoms with Gasteiger partial charge in [-0.3, -0.25) is 0 Å². The fourth-order valence-electron chi connectivity index (χ4n) is 3.32. The smallest absolute Gasteiger partial charge is 0.245 e. The van der Waals surface area contributed by atoms with Gasteiger partial charge in [0.15, 0.2) is 11.5 Å². The Hall–Kier alpha value is -3.49. The van der Waals surface area contributed by atoms with E-state index < -0.39 is 0 Å². The van der Waals surface area contributed by atoms with Crippen molar-refractivity contribution in [3.05, 3.63) is 47.7 Å². The van der Waals surface area contributed by atoms with Crippen LogP contribution in [0.1, 0.15) is 17.0 Å². The van der Waals surface area contributed by atoms with Crippen molar-refractivity contribution >= 4 is 17.4 Å². The zero-order chi connectivity index (χ0) is 17.7. The normalized spacial score (nSPS) is 13.5. The maximum atomic E-state index is 6.08. The number of fused-ring (bicyclic) bond motifs is 2. The number of hydrogen-bond acceptors (Lipinski definition) is 8. The van der Waals surface area contributed by atoms with Crippen LogP contribution < -0.4 is 10.6 Å². The summed E-state index contributed by atoms with van der Waals surface area (Å²) < 4.78 is 6.92. The first-order valence-corrected chi connectivity index (χ1v) is 8.31. The molecule has 0 atom stereocenters. The second kappa shape index (κ2) is 5.51. The van der Waals surface area contributed by atoms with E-state index in [4.69, 9.17) is 10.2 Å². The van der Waals surface area contributed by atoms with Gasteiger partial charge in [-0.05, 0) is 25.0 Å². The van der Waals surface area contributed by atoms with E-state index in [0.717, 1.165) is 24.3 Å². The third kappa shape index (κ3) is 2.20. The standard InChI is InChI=1S/C17H16N8O/c1-10-13(16-20-6-8-26-16)22-17(18)25-14(10)21-12(23-25)9-24-7-4-11-3-2-5-19-15(11)24/h2-3,5-6,8H,4,7,9H2,1H3,(H2,18,22). The Kier molecular flexibility index (Phi) is 3.14. The number of anilines is 2. The van der Waals surface area contributed by atoms with Gasteiger partial charge in [-0.15, -0.1) is 5.10 Å². The second-order valence-electron chi connectivity index (χ2n) is 6.20. The van der Waals surface area contributed by atoms with E-state index in [1.54, 1.807) is 10.7 Å². The molecule has 0 saturated carbocycles. The molecule has 0 aromatic carbocycles. The minimum atomic E-state index is 0.248. The number of nitrogens with two attached hydrogens (primary N) is 1. The van der Waals surface area contributed by atoms with Crippen LogP contribution in [0.25, 0.3) is 17.2 Å². The van der Waals surface area contributed by atoms with Gasteiger partial charge < -0.3 is 15.1 Å². The number of nitrogen functional groups attached to an aromatic ring is 1. The number of aromatic nitrogens is 6. The van der Waals surface area contributed by atoms with Crippen LogP contribution in [0.2, 0.25) is 0 Å². The highest BCUT2D eigenvalue weighted by Crippen LogP contribution is 2.27. The predicted molar refractivity (Wildman–Crippen MR) is 94.4 cm³/mol. The second-order valence-corrected chi connectivity index (χ2v) is 6.20. The molecule has 2 N–H and O–H groups in total. The third-order valence-corrected chi connectivity index (χ3v) is 4.57. The van der Waals surface area contributed by atoms with Crippen molar-refractivity contribution in [2.45, 2.75) is 19.9 Å². The largest absolute Gasteiger partial charge is 0.443 e. The summed E-state index contributed by atoms with van der Waals surface area (Å²) in [5.41, 5.74) is 9.38. The molecule has 4 aromatic heterocycles. The third-order valence-electron chi connectivity index (χ3n) is 4.57. The first-order valence-electron chi connectivity index (χ1n) is 8.31.